The van der Waals surface area contributed by atoms with Gasteiger partial charge in [0.2, 0.25) is 0 Å². The lowest BCUT2D eigenvalue weighted by atomic mass is 9.66. The average Bonchev–Trinajstić information content (AvgIpc) is 3.39. The molecular formula is C26H50N2. The van der Waals surface area contributed by atoms with Crippen molar-refractivity contribution in [1.29, 1.82) is 0 Å². The lowest BCUT2D eigenvalue weighted by Crippen LogP contribution is -2.44. The van der Waals surface area contributed by atoms with Crippen molar-refractivity contribution in [3.63, 3.8) is 0 Å². The Morgan fingerprint density at radius 3 is 2.39 bits per heavy atom. The Morgan fingerprint density at radius 2 is 1.71 bits per heavy atom. The monoisotopic (exact) mass is 390 g/mol. The van der Waals surface area contributed by atoms with Crippen LogP contribution in [-0.4, -0.2) is 17.6 Å². The first-order valence-electron chi connectivity index (χ1n) is 12.7. The van der Waals surface area contributed by atoms with Crippen LogP contribution in [0.25, 0.3) is 0 Å². The average molecular weight is 391 g/mol. The van der Waals surface area contributed by atoms with Crippen LogP contribution in [0.5, 0.6) is 0 Å². The van der Waals surface area contributed by atoms with Crippen molar-refractivity contribution in [2.75, 3.05) is 6.54 Å². The highest BCUT2D eigenvalue weighted by Crippen LogP contribution is 2.45. The SMILES string of the molecule is CCCCCCC(C)(CCCC)C(CN(N)C1CC1C)/C1=C\CCCCCC1. The molecule has 0 aromatic heterocycles. The van der Waals surface area contributed by atoms with E-state index >= 15 is 0 Å². The van der Waals surface area contributed by atoms with E-state index in [1.807, 2.05) is 0 Å². The minimum absolute atomic E-state index is 0.407. The summed E-state index contributed by atoms with van der Waals surface area (Å²) in [4.78, 5) is 0. The molecule has 0 bridgehead atoms. The highest BCUT2D eigenvalue weighted by molar-refractivity contribution is 5.13. The second kappa shape index (κ2) is 12.4. The minimum Gasteiger partial charge on any atom is -0.269 e. The Hall–Kier alpha value is -0.340. The van der Waals surface area contributed by atoms with E-state index in [0.717, 1.165) is 12.5 Å². The third-order valence-electron chi connectivity index (χ3n) is 7.70. The first-order chi connectivity index (χ1) is 13.5. The lowest BCUT2D eigenvalue weighted by Gasteiger charge is -2.42. The maximum absolute atomic E-state index is 6.65. The van der Waals surface area contributed by atoms with Gasteiger partial charge < -0.3 is 0 Å². The molecule has 2 nitrogen and oxygen atoms in total. The van der Waals surface area contributed by atoms with Crippen molar-refractivity contribution in [3.05, 3.63) is 11.6 Å². The second-order valence-electron chi connectivity index (χ2n) is 10.3. The smallest absolute Gasteiger partial charge is 0.0270 e. The van der Waals surface area contributed by atoms with Gasteiger partial charge in [-0.3, -0.25) is 5.84 Å². The molecule has 0 spiro atoms. The van der Waals surface area contributed by atoms with Crippen LogP contribution in [0.4, 0.5) is 0 Å². The standard InChI is InChI=1S/C26H50N2/c1-5-7-9-15-19-26(4,18-8-6-2)24(21-28(27)25-20-22(25)3)23-16-13-11-10-12-14-17-23/h16,22,24-25H,5-15,17-21,27H2,1-4H3/b23-16-. The molecule has 1 fully saturated rings. The molecule has 2 rings (SSSR count). The highest BCUT2D eigenvalue weighted by Gasteiger charge is 2.41. The molecule has 2 aliphatic rings. The molecule has 4 unspecified atom stereocenters. The summed E-state index contributed by atoms with van der Waals surface area (Å²) in [5, 5.41) is 2.24. The molecule has 0 amide bonds. The fourth-order valence-electron chi connectivity index (χ4n) is 5.44. The number of hydrazine groups is 1. The summed E-state index contributed by atoms with van der Waals surface area (Å²) >= 11 is 0. The maximum atomic E-state index is 6.65. The molecular weight excluding hydrogens is 340 g/mol. The van der Waals surface area contributed by atoms with Crippen molar-refractivity contribution >= 4 is 0 Å². The predicted molar refractivity (Wildman–Crippen MR) is 124 cm³/mol. The molecule has 1 saturated carbocycles. The zero-order chi connectivity index (χ0) is 20.4. The second-order valence-corrected chi connectivity index (χ2v) is 10.3. The zero-order valence-electron chi connectivity index (χ0n) is 19.6. The van der Waals surface area contributed by atoms with Gasteiger partial charge in [-0.15, -0.1) is 0 Å². The van der Waals surface area contributed by atoms with Gasteiger partial charge in [-0.05, 0) is 62.2 Å². The van der Waals surface area contributed by atoms with Crippen molar-refractivity contribution in [2.45, 2.75) is 130 Å². The topological polar surface area (TPSA) is 29.3 Å². The largest absolute Gasteiger partial charge is 0.269 e. The van der Waals surface area contributed by atoms with Crippen LogP contribution in [0.15, 0.2) is 11.6 Å². The molecule has 0 aliphatic heterocycles. The van der Waals surface area contributed by atoms with Gasteiger partial charge in [-0.2, -0.15) is 0 Å². The van der Waals surface area contributed by atoms with Gasteiger partial charge in [-0.25, -0.2) is 5.01 Å². The molecule has 2 N–H and O–H groups in total. The summed E-state index contributed by atoms with van der Waals surface area (Å²) in [5.41, 5.74) is 2.17. The van der Waals surface area contributed by atoms with Gasteiger partial charge >= 0.3 is 0 Å². The molecule has 0 heterocycles. The minimum atomic E-state index is 0.407. The van der Waals surface area contributed by atoms with E-state index in [4.69, 9.17) is 5.84 Å². The molecule has 2 aliphatic carbocycles. The third-order valence-corrected chi connectivity index (χ3v) is 7.70. The quantitative estimate of drug-likeness (QED) is 0.151. The summed E-state index contributed by atoms with van der Waals surface area (Å²) in [5.74, 6) is 8.10. The zero-order valence-corrected chi connectivity index (χ0v) is 19.6. The number of hydrogen-bond donors (Lipinski definition) is 1. The van der Waals surface area contributed by atoms with Gasteiger partial charge in [0.25, 0.3) is 0 Å². The van der Waals surface area contributed by atoms with Crippen LogP contribution >= 0.6 is 0 Å². The molecule has 0 aromatic rings. The van der Waals surface area contributed by atoms with E-state index in [-0.39, 0.29) is 0 Å². The summed E-state index contributed by atoms with van der Waals surface area (Å²) < 4.78 is 0. The van der Waals surface area contributed by atoms with Crippen molar-refractivity contribution < 1.29 is 0 Å². The van der Waals surface area contributed by atoms with Crippen LogP contribution in [-0.2, 0) is 0 Å². The number of nitrogens with two attached hydrogens (primary N) is 1. The lowest BCUT2D eigenvalue weighted by molar-refractivity contribution is 0.109. The number of nitrogens with zero attached hydrogens (tertiary/aromatic N) is 1. The Bertz CT molecular complexity index is 457. The highest BCUT2D eigenvalue weighted by atomic mass is 15.4. The number of allylic oxidation sites excluding steroid dienone is 1. The van der Waals surface area contributed by atoms with Crippen LogP contribution in [0, 0.1) is 17.3 Å². The summed E-state index contributed by atoms with van der Waals surface area (Å²) in [6.07, 6.45) is 23.1. The van der Waals surface area contributed by atoms with Crippen molar-refractivity contribution in [3.8, 4) is 0 Å². The normalized spacial score (nSPS) is 28.1. The Morgan fingerprint density at radius 1 is 1.04 bits per heavy atom. The fourth-order valence-corrected chi connectivity index (χ4v) is 5.44. The van der Waals surface area contributed by atoms with E-state index in [9.17, 15) is 0 Å². The molecule has 164 valence electrons. The van der Waals surface area contributed by atoms with E-state index < -0.39 is 0 Å². The Balaban J connectivity index is 2.19. The molecule has 2 heteroatoms. The first-order valence-corrected chi connectivity index (χ1v) is 12.7. The Kier molecular flexibility index (Phi) is 10.6. The van der Waals surface area contributed by atoms with Gasteiger partial charge in [0.15, 0.2) is 0 Å². The van der Waals surface area contributed by atoms with Gasteiger partial charge in [0.05, 0.1) is 0 Å². The molecule has 0 aromatic carbocycles. The molecule has 4 atom stereocenters. The summed E-state index contributed by atoms with van der Waals surface area (Å²) in [6.45, 7) is 10.7. The first kappa shape index (κ1) is 23.9. The van der Waals surface area contributed by atoms with Crippen LogP contribution < -0.4 is 5.84 Å². The Labute approximate surface area is 176 Å². The van der Waals surface area contributed by atoms with Crippen LogP contribution in [0.1, 0.15) is 124 Å². The molecule has 0 saturated heterocycles. The number of rotatable bonds is 13. The van der Waals surface area contributed by atoms with E-state index in [2.05, 4.69) is 38.8 Å². The predicted octanol–water partition coefficient (Wildman–Crippen LogP) is 7.63. The van der Waals surface area contributed by atoms with E-state index in [1.54, 1.807) is 5.57 Å². The maximum Gasteiger partial charge on any atom is 0.0270 e. The van der Waals surface area contributed by atoms with Crippen LogP contribution in [0.2, 0.25) is 0 Å². The van der Waals surface area contributed by atoms with Gasteiger partial charge in [0, 0.05) is 12.6 Å². The van der Waals surface area contributed by atoms with Crippen molar-refractivity contribution in [1.82, 2.24) is 5.01 Å². The molecule has 0 radical (unpaired) electrons. The van der Waals surface area contributed by atoms with Gasteiger partial charge in [0.1, 0.15) is 0 Å². The summed E-state index contributed by atoms with van der Waals surface area (Å²) in [7, 11) is 0. The number of unbranched alkanes of at least 4 members (excludes halogenated alkanes) is 4. The van der Waals surface area contributed by atoms with Crippen molar-refractivity contribution in [2.24, 2.45) is 23.1 Å². The number of hydrogen-bond acceptors (Lipinski definition) is 2. The summed E-state index contributed by atoms with van der Waals surface area (Å²) in [6, 6.07) is 0.632. The van der Waals surface area contributed by atoms with E-state index in [0.29, 0.717) is 17.4 Å². The fraction of sp³-hybridized carbons (Fsp3) is 0.923. The van der Waals surface area contributed by atoms with Gasteiger partial charge in [-0.1, -0.05) is 90.7 Å². The molecule has 28 heavy (non-hydrogen) atoms. The van der Waals surface area contributed by atoms with Crippen LogP contribution in [0.3, 0.4) is 0 Å². The van der Waals surface area contributed by atoms with E-state index in [1.165, 1.54) is 96.3 Å². The third kappa shape index (κ3) is 7.48.